The molecule has 14 heavy (non-hydrogen) atoms. The number of likely N-dealkylation sites (N-methyl/N-ethyl adjacent to an activating group) is 1. The van der Waals surface area contributed by atoms with E-state index in [1.807, 2.05) is 0 Å². The van der Waals surface area contributed by atoms with Crippen molar-refractivity contribution in [3.05, 3.63) is 35.4 Å². The zero-order valence-electron chi connectivity index (χ0n) is 9.54. The van der Waals surface area contributed by atoms with E-state index < -0.39 is 0 Å². The van der Waals surface area contributed by atoms with E-state index in [4.69, 9.17) is 5.73 Å². The first-order valence-electron chi connectivity index (χ1n) is 4.96. The Kier molecular flexibility index (Phi) is 3.29. The van der Waals surface area contributed by atoms with Crippen LogP contribution in [0.1, 0.15) is 18.1 Å². The van der Waals surface area contributed by atoms with Crippen molar-refractivity contribution in [1.29, 1.82) is 0 Å². The molecule has 1 atom stereocenters. The third-order valence-corrected chi connectivity index (χ3v) is 3.11. The minimum atomic E-state index is -0.0641. The van der Waals surface area contributed by atoms with Crippen LogP contribution in [-0.2, 0) is 5.54 Å². The largest absolute Gasteiger partial charge is 0.328 e. The quantitative estimate of drug-likeness (QED) is 0.790. The average molecular weight is 192 g/mol. The van der Waals surface area contributed by atoms with Crippen LogP contribution in [0.3, 0.4) is 0 Å². The molecule has 0 radical (unpaired) electrons. The van der Waals surface area contributed by atoms with E-state index in [1.54, 1.807) is 0 Å². The van der Waals surface area contributed by atoms with Crippen LogP contribution in [0.15, 0.2) is 24.3 Å². The summed E-state index contributed by atoms with van der Waals surface area (Å²) in [5.41, 5.74) is 8.42. The smallest absolute Gasteiger partial charge is 0.0552 e. The van der Waals surface area contributed by atoms with Crippen molar-refractivity contribution >= 4 is 0 Å². The van der Waals surface area contributed by atoms with Crippen molar-refractivity contribution in [2.45, 2.75) is 19.4 Å². The van der Waals surface area contributed by atoms with Gasteiger partial charge in [0, 0.05) is 6.54 Å². The Balaban J connectivity index is 3.19. The van der Waals surface area contributed by atoms with E-state index in [0.29, 0.717) is 6.54 Å². The number of hydrogen-bond donors (Lipinski definition) is 1. The lowest BCUT2D eigenvalue weighted by atomic mass is 9.87. The Morgan fingerprint density at radius 2 is 1.86 bits per heavy atom. The van der Waals surface area contributed by atoms with Crippen LogP contribution in [0.2, 0.25) is 0 Å². The van der Waals surface area contributed by atoms with Gasteiger partial charge in [0.1, 0.15) is 0 Å². The second-order valence-corrected chi connectivity index (χ2v) is 4.19. The molecule has 2 N–H and O–H groups in total. The predicted octanol–water partition coefficient (Wildman–Crippen LogP) is 1.73. The van der Waals surface area contributed by atoms with E-state index in [0.717, 1.165) is 0 Å². The van der Waals surface area contributed by atoms with E-state index in [1.165, 1.54) is 11.1 Å². The third-order valence-electron chi connectivity index (χ3n) is 3.11. The number of rotatable bonds is 3. The monoisotopic (exact) mass is 192 g/mol. The molecular weight excluding hydrogens is 172 g/mol. The predicted molar refractivity (Wildman–Crippen MR) is 61.3 cm³/mol. The van der Waals surface area contributed by atoms with Crippen molar-refractivity contribution < 1.29 is 0 Å². The highest BCUT2D eigenvalue weighted by Gasteiger charge is 2.28. The highest BCUT2D eigenvalue weighted by atomic mass is 15.1. The van der Waals surface area contributed by atoms with Gasteiger partial charge in [-0.3, -0.25) is 4.90 Å². The van der Waals surface area contributed by atoms with Gasteiger partial charge in [-0.15, -0.1) is 0 Å². The van der Waals surface area contributed by atoms with E-state index in [9.17, 15) is 0 Å². The molecule has 1 rings (SSSR count). The van der Waals surface area contributed by atoms with E-state index in [-0.39, 0.29) is 5.54 Å². The fourth-order valence-corrected chi connectivity index (χ4v) is 1.71. The zero-order chi connectivity index (χ0) is 10.8. The molecule has 1 aromatic rings. The molecule has 0 aliphatic heterocycles. The molecule has 78 valence electrons. The first-order valence-corrected chi connectivity index (χ1v) is 4.96. The molecule has 0 bridgehead atoms. The minimum absolute atomic E-state index is 0.0641. The van der Waals surface area contributed by atoms with Crippen molar-refractivity contribution in [2.75, 3.05) is 20.6 Å². The normalized spacial score (nSPS) is 15.6. The molecule has 2 heteroatoms. The Morgan fingerprint density at radius 3 is 2.29 bits per heavy atom. The van der Waals surface area contributed by atoms with Crippen molar-refractivity contribution in [1.82, 2.24) is 4.90 Å². The first kappa shape index (κ1) is 11.2. The molecule has 0 amide bonds. The summed E-state index contributed by atoms with van der Waals surface area (Å²) in [6, 6.07) is 8.42. The Bertz CT molecular complexity index is 307. The second-order valence-electron chi connectivity index (χ2n) is 4.19. The van der Waals surface area contributed by atoms with Gasteiger partial charge in [-0.2, -0.15) is 0 Å². The SMILES string of the molecule is Cc1ccccc1[C@@](C)(CN)N(C)C. The fraction of sp³-hybridized carbons (Fsp3) is 0.500. The van der Waals surface area contributed by atoms with Gasteiger partial charge in [-0.25, -0.2) is 0 Å². The van der Waals surface area contributed by atoms with Gasteiger partial charge in [0.2, 0.25) is 0 Å². The number of aryl methyl sites for hydroxylation is 1. The van der Waals surface area contributed by atoms with Gasteiger partial charge in [-0.05, 0) is 39.1 Å². The molecule has 0 fully saturated rings. The van der Waals surface area contributed by atoms with Crippen LogP contribution in [0.25, 0.3) is 0 Å². The maximum atomic E-state index is 5.87. The summed E-state index contributed by atoms with van der Waals surface area (Å²) in [6.45, 7) is 4.94. The lowest BCUT2D eigenvalue weighted by Gasteiger charge is -2.37. The standard InChI is InChI=1S/C12H20N2/c1-10-7-5-6-8-11(10)12(2,9-13)14(3)4/h5-8H,9,13H2,1-4H3/t12-/m1/s1. The lowest BCUT2D eigenvalue weighted by molar-refractivity contribution is 0.182. The summed E-state index contributed by atoms with van der Waals surface area (Å²) >= 11 is 0. The summed E-state index contributed by atoms with van der Waals surface area (Å²) in [6.07, 6.45) is 0. The molecule has 1 aromatic carbocycles. The Labute approximate surface area is 86.7 Å². The summed E-state index contributed by atoms with van der Waals surface area (Å²) in [4.78, 5) is 2.18. The maximum Gasteiger partial charge on any atom is 0.0552 e. The van der Waals surface area contributed by atoms with Crippen LogP contribution >= 0.6 is 0 Å². The first-order chi connectivity index (χ1) is 6.52. The van der Waals surface area contributed by atoms with Crippen molar-refractivity contribution in [2.24, 2.45) is 5.73 Å². The van der Waals surface area contributed by atoms with Crippen molar-refractivity contribution in [3.8, 4) is 0 Å². The van der Waals surface area contributed by atoms with Crippen LogP contribution in [-0.4, -0.2) is 25.5 Å². The number of nitrogens with two attached hydrogens (primary N) is 1. The number of hydrogen-bond acceptors (Lipinski definition) is 2. The fourth-order valence-electron chi connectivity index (χ4n) is 1.71. The second kappa shape index (κ2) is 4.11. The van der Waals surface area contributed by atoms with Crippen LogP contribution in [0.5, 0.6) is 0 Å². The number of benzene rings is 1. The highest BCUT2D eigenvalue weighted by molar-refractivity contribution is 5.32. The number of nitrogens with zero attached hydrogens (tertiary/aromatic N) is 1. The van der Waals surface area contributed by atoms with E-state index in [2.05, 4.69) is 57.1 Å². The van der Waals surface area contributed by atoms with Gasteiger partial charge >= 0.3 is 0 Å². The molecule has 2 nitrogen and oxygen atoms in total. The van der Waals surface area contributed by atoms with Gasteiger partial charge < -0.3 is 5.73 Å². The average Bonchev–Trinajstić information content (AvgIpc) is 2.17. The molecule has 0 unspecified atom stereocenters. The topological polar surface area (TPSA) is 29.3 Å². The van der Waals surface area contributed by atoms with Crippen LogP contribution in [0.4, 0.5) is 0 Å². The summed E-state index contributed by atoms with van der Waals surface area (Å²) in [5.74, 6) is 0. The lowest BCUT2D eigenvalue weighted by Crippen LogP contribution is -2.45. The molecule has 0 aliphatic rings. The van der Waals surface area contributed by atoms with E-state index >= 15 is 0 Å². The summed E-state index contributed by atoms with van der Waals surface area (Å²) < 4.78 is 0. The van der Waals surface area contributed by atoms with Crippen molar-refractivity contribution in [3.63, 3.8) is 0 Å². The van der Waals surface area contributed by atoms with Gasteiger partial charge in [0.05, 0.1) is 5.54 Å². The Morgan fingerprint density at radius 1 is 1.29 bits per heavy atom. The maximum absolute atomic E-state index is 5.87. The van der Waals surface area contributed by atoms with Gasteiger partial charge in [0.25, 0.3) is 0 Å². The van der Waals surface area contributed by atoms with Gasteiger partial charge in [-0.1, -0.05) is 24.3 Å². The van der Waals surface area contributed by atoms with Crippen LogP contribution in [0, 0.1) is 6.92 Å². The Hall–Kier alpha value is -0.860. The summed E-state index contributed by atoms with van der Waals surface area (Å²) in [5, 5.41) is 0. The molecule has 0 saturated carbocycles. The van der Waals surface area contributed by atoms with Gasteiger partial charge in [0.15, 0.2) is 0 Å². The molecule has 0 aliphatic carbocycles. The van der Waals surface area contributed by atoms with Crippen LogP contribution < -0.4 is 5.73 Å². The molecule has 0 aromatic heterocycles. The zero-order valence-corrected chi connectivity index (χ0v) is 9.54. The molecular formula is C12H20N2. The highest BCUT2D eigenvalue weighted by Crippen LogP contribution is 2.27. The third kappa shape index (κ3) is 1.81. The molecule has 0 heterocycles. The minimum Gasteiger partial charge on any atom is -0.328 e. The molecule has 0 spiro atoms. The molecule has 0 saturated heterocycles. The summed E-state index contributed by atoms with van der Waals surface area (Å²) in [7, 11) is 4.14.